The fraction of sp³-hybridized carbons (Fsp3) is 0.118. The van der Waals surface area contributed by atoms with E-state index in [-0.39, 0.29) is 0 Å². The molecule has 6 nitrogen and oxygen atoms in total. The highest BCUT2D eigenvalue weighted by atomic mass is 35.9. The molecule has 1 aromatic heterocycles. The first-order chi connectivity index (χ1) is 14.2. The van der Waals surface area contributed by atoms with E-state index in [1.807, 2.05) is 54.1 Å². The molecule has 30 heavy (non-hydrogen) atoms. The number of nitrogens with zero attached hydrogens (tertiary/aromatic N) is 5. The van der Waals surface area contributed by atoms with Crippen molar-refractivity contribution in [2.45, 2.75) is 13.5 Å². The second-order valence-electron chi connectivity index (χ2n) is 6.74. The Hall–Kier alpha value is -0.700. The Morgan fingerprint density at radius 3 is 2.40 bits per heavy atom. The van der Waals surface area contributed by atoms with Crippen molar-refractivity contribution in [3.05, 3.63) is 65.9 Å². The lowest BCUT2D eigenvalue weighted by Gasteiger charge is -2.40. The fourth-order valence-electron chi connectivity index (χ4n) is 3.47. The number of anilines is 1. The number of aromatic nitrogens is 1. The van der Waals surface area contributed by atoms with Crippen LogP contribution in [0.5, 0.6) is 5.75 Å². The van der Waals surface area contributed by atoms with Gasteiger partial charge in [0.15, 0.2) is 0 Å². The lowest BCUT2D eigenvalue weighted by molar-refractivity contribution is 0.570. The molecule has 0 bridgehead atoms. The summed E-state index contributed by atoms with van der Waals surface area (Å²) >= 11 is 25.7. The highest BCUT2D eigenvalue weighted by Gasteiger charge is 2.44. The average molecular weight is 539 g/mol. The van der Waals surface area contributed by atoms with E-state index >= 15 is 0 Å². The van der Waals surface area contributed by atoms with E-state index in [1.165, 1.54) is 0 Å². The van der Waals surface area contributed by atoms with E-state index in [2.05, 4.69) is 30.7 Å². The van der Waals surface area contributed by atoms with Crippen LogP contribution in [0.15, 0.2) is 68.1 Å². The van der Waals surface area contributed by atoms with Crippen molar-refractivity contribution in [2.24, 2.45) is 13.5 Å². The number of hydrogen-bond acceptors (Lipinski definition) is 6. The summed E-state index contributed by atoms with van der Waals surface area (Å²) in [5.41, 5.74) is 1.84. The van der Waals surface area contributed by atoms with Crippen LogP contribution < -0.4 is 9.19 Å². The van der Waals surface area contributed by atoms with E-state index in [4.69, 9.17) is 49.5 Å². The lowest BCUT2D eigenvalue weighted by Crippen LogP contribution is -2.27. The number of pyridine rings is 1. The van der Waals surface area contributed by atoms with Crippen LogP contribution in [0.25, 0.3) is 10.8 Å². The van der Waals surface area contributed by atoms with Gasteiger partial charge in [-0.2, -0.15) is 13.5 Å². The second-order valence-corrected chi connectivity index (χ2v) is 19.1. The molecule has 0 saturated carbocycles. The summed E-state index contributed by atoms with van der Waals surface area (Å²) in [6, 6.07) is 17.7. The summed E-state index contributed by atoms with van der Waals surface area (Å²) in [7, 11) is -3.19. The SMILES string of the molecule is Cc1cccc(N2Cc3c(ccc4ccccc34)O[P@]23=NP(Cl)(Cl)=NP(Cl)(Cl)=N3)n1. The minimum atomic E-state index is -3.19. The van der Waals surface area contributed by atoms with Gasteiger partial charge in [-0.3, -0.25) is 4.67 Å². The molecule has 2 aliphatic heterocycles. The summed E-state index contributed by atoms with van der Waals surface area (Å²) in [4.78, 5) is 4.67. The number of benzene rings is 2. The highest BCUT2D eigenvalue weighted by Crippen LogP contribution is 2.86. The standard InChI is InChI=1S/C17H14Cl4N5OP3/c1-12-5-4-8-17(22-12)26-11-15-14-7-3-2-6-13(14)9-10-16(15)27-30(26)24-28(18,19)23-29(20,21)25-30/h2-10H,11H2,1H3. The number of rotatable bonds is 1. The molecule has 0 saturated heterocycles. The van der Waals surface area contributed by atoms with Gasteiger partial charge in [-0.1, -0.05) is 36.4 Å². The summed E-state index contributed by atoms with van der Waals surface area (Å²) in [5, 5.41) is 2.18. The van der Waals surface area contributed by atoms with Crippen molar-refractivity contribution in [3.8, 4) is 5.75 Å². The molecule has 156 valence electrons. The van der Waals surface area contributed by atoms with Gasteiger partial charge in [0, 0.05) is 11.3 Å². The number of fused-ring (bicyclic) bond motifs is 3. The van der Waals surface area contributed by atoms with E-state index in [1.54, 1.807) is 0 Å². The minimum Gasteiger partial charge on any atom is -0.426 e. The molecule has 13 heteroatoms. The van der Waals surface area contributed by atoms with E-state index in [9.17, 15) is 0 Å². The second kappa shape index (κ2) is 7.42. The van der Waals surface area contributed by atoms with Crippen molar-refractivity contribution in [1.82, 2.24) is 4.98 Å². The van der Waals surface area contributed by atoms with E-state index < -0.39 is 19.4 Å². The van der Waals surface area contributed by atoms with Gasteiger partial charge >= 0.3 is 7.58 Å². The van der Waals surface area contributed by atoms with Crippen molar-refractivity contribution < 1.29 is 4.52 Å². The van der Waals surface area contributed by atoms with Gasteiger partial charge in [0.05, 0.1) is 6.54 Å². The topological polar surface area (TPSA) is 62.4 Å². The lowest BCUT2D eigenvalue weighted by atomic mass is 10.0. The molecule has 0 N–H and O–H groups in total. The number of hydrogen-bond donors (Lipinski definition) is 0. The monoisotopic (exact) mass is 537 g/mol. The zero-order valence-corrected chi connectivity index (χ0v) is 21.1. The van der Waals surface area contributed by atoms with Gasteiger partial charge in [-0.25, -0.2) is 4.98 Å². The van der Waals surface area contributed by atoms with Crippen molar-refractivity contribution in [3.63, 3.8) is 0 Å². The average Bonchev–Trinajstić information content (AvgIpc) is 2.64. The normalized spacial score (nSPS) is 23.7. The van der Waals surface area contributed by atoms with Gasteiger partial charge < -0.3 is 4.52 Å². The Labute approximate surface area is 193 Å². The zero-order valence-electron chi connectivity index (χ0n) is 15.4. The number of aryl methyl sites for hydroxylation is 1. The first-order valence-electron chi connectivity index (χ1n) is 8.79. The molecule has 0 aliphatic carbocycles. The summed E-state index contributed by atoms with van der Waals surface area (Å²) < 4.78 is 21.7. The third kappa shape index (κ3) is 3.82. The van der Waals surface area contributed by atoms with Gasteiger partial charge in [0.25, 0.3) is 11.8 Å². The maximum atomic E-state index is 6.47. The van der Waals surface area contributed by atoms with E-state index in [0.717, 1.165) is 22.0 Å². The minimum absolute atomic E-state index is 0.440. The van der Waals surface area contributed by atoms with Crippen LogP contribution in [0.3, 0.4) is 0 Å². The molecule has 5 rings (SSSR count). The van der Waals surface area contributed by atoms with Crippen LogP contribution >= 0.6 is 64.4 Å². The van der Waals surface area contributed by atoms with Gasteiger partial charge in [-0.15, -0.1) is 0 Å². The van der Waals surface area contributed by atoms with E-state index in [0.29, 0.717) is 18.1 Å². The smallest absolute Gasteiger partial charge is 0.361 e. The molecule has 0 fully saturated rings. The van der Waals surface area contributed by atoms with Crippen LogP contribution in [-0.2, 0) is 6.54 Å². The Morgan fingerprint density at radius 2 is 1.63 bits per heavy atom. The maximum Gasteiger partial charge on any atom is 0.361 e. The summed E-state index contributed by atoms with van der Waals surface area (Å²) in [6.07, 6.45) is 0. The first kappa shape index (κ1) is 21.2. The van der Waals surface area contributed by atoms with Crippen LogP contribution in [0, 0.1) is 6.92 Å². The molecule has 2 aromatic carbocycles. The Balaban J connectivity index is 1.83. The molecular weight excluding hydrogens is 525 g/mol. The molecule has 0 radical (unpaired) electrons. The Bertz CT molecular complexity index is 1360. The van der Waals surface area contributed by atoms with Crippen LogP contribution in [0.1, 0.15) is 11.3 Å². The summed E-state index contributed by atoms with van der Waals surface area (Å²) in [6.45, 7) is 2.35. The molecular formula is C17H14Cl4N5OP3. The molecule has 3 heterocycles. The molecule has 3 aromatic rings. The van der Waals surface area contributed by atoms with Crippen molar-refractivity contribution in [2.75, 3.05) is 4.67 Å². The van der Waals surface area contributed by atoms with Crippen molar-refractivity contribution >= 4 is 81.0 Å². The van der Waals surface area contributed by atoms with Gasteiger partial charge in [-0.05, 0) is 80.9 Å². The molecule has 2 aliphatic rings. The third-order valence-corrected chi connectivity index (χ3v) is 16.2. The quantitative estimate of drug-likeness (QED) is 0.290. The predicted molar refractivity (Wildman–Crippen MR) is 131 cm³/mol. The maximum absolute atomic E-state index is 6.47. The Morgan fingerprint density at radius 1 is 0.867 bits per heavy atom. The molecule has 0 amide bonds. The Kier molecular flexibility index (Phi) is 5.24. The fourth-order valence-corrected chi connectivity index (χ4v) is 18.4. The molecule has 0 unspecified atom stereocenters. The van der Waals surface area contributed by atoms with Crippen LogP contribution in [0.4, 0.5) is 5.82 Å². The highest BCUT2D eigenvalue weighted by molar-refractivity contribution is 8.20. The molecule has 1 atom stereocenters. The van der Waals surface area contributed by atoms with Gasteiger partial charge in [0.1, 0.15) is 11.6 Å². The van der Waals surface area contributed by atoms with Crippen LogP contribution in [-0.4, -0.2) is 4.98 Å². The summed E-state index contributed by atoms with van der Waals surface area (Å²) in [5.74, 6) is -5.07. The first-order valence-corrected chi connectivity index (χ1v) is 17.4. The van der Waals surface area contributed by atoms with Crippen molar-refractivity contribution in [1.29, 1.82) is 0 Å². The predicted octanol–water partition coefficient (Wildman–Crippen LogP) is 9.75. The third-order valence-electron chi connectivity index (χ3n) is 4.64. The zero-order chi connectivity index (χ0) is 21.1. The van der Waals surface area contributed by atoms with Crippen LogP contribution in [0.2, 0.25) is 0 Å². The largest absolute Gasteiger partial charge is 0.426 e. The molecule has 1 spiro atoms. The van der Waals surface area contributed by atoms with Gasteiger partial charge in [0.2, 0.25) is 0 Å². The number of halogens is 4.